The van der Waals surface area contributed by atoms with Crippen molar-refractivity contribution in [2.75, 3.05) is 0 Å². The quantitative estimate of drug-likeness (QED) is 0.188. The standard InChI is InChI=1S/C48H29N3O/c49-30-31-18-20-32(21-19-31)33-22-24-34(25-23-33)43-29-44(51-47(50-43)35-10-2-1-3-11-35)36-26-27-38-37-12-4-5-13-39(37)48(42(38)28-36)40-14-6-8-16-45(40)52-46-17-9-7-15-41(46)48/h1-29H. The second kappa shape index (κ2) is 11.8. The molecule has 2 aliphatic rings. The molecule has 242 valence electrons. The zero-order valence-corrected chi connectivity index (χ0v) is 28.0. The first-order valence-corrected chi connectivity index (χ1v) is 17.4. The Balaban J connectivity index is 1.16. The first kappa shape index (κ1) is 29.8. The van der Waals surface area contributed by atoms with Crippen LogP contribution in [0, 0.1) is 11.3 Å². The van der Waals surface area contributed by atoms with E-state index in [0.717, 1.165) is 61.8 Å². The van der Waals surface area contributed by atoms with E-state index < -0.39 is 5.41 Å². The molecule has 0 saturated carbocycles. The number of nitriles is 1. The van der Waals surface area contributed by atoms with Crippen LogP contribution in [0.2, 0.25) is 0 Å². The van der Waals surface area contributed by atoms with E-state index in [0.29, 0.717) is 11.4 Å². The number of ether oxygens (including phenoxy) is 1. The molecule has 10 rings (SSSR count). The van der Waals surface area contributed by atoms with Crippen molar-refractivity contribution in [3.05, 3.63) is 204 Å². The Labute approximate surface area is 301 Å². The summed E-state index contributed by atoms with van der Waals surface area (Å²) in [5.74, 6) is 2.41. The van der Waals surface area contributed by atoms with Crippen LogP contribution in [-0.2, 0) is 5.41 Å². The minimum atomic E-state index is -0.563. The first-order chi connectivity index (χ1) is 25.7. The van der Waals surface area contributed by atoms with Gasteiger partial charge in [-0.25, -0.2) is 9.97 Å². The third-order valence-corrected chi connectivity index (χ3v) is 10.4. The number of rotatable bonds is 4. The summed E-state index contributed by atoms with van der Waals surface area (Å²) in [6.45, 7) is 0. The highest BCUT2D eigenvalue weighted by atomic mass is 16.5. The third kappa shape index (κ3) is 4.54. The number of nitrogens with zero attached hydrogens (tertiary/aromatic N) is 3. The van der Waals surface area contributed by atoms with Crippen LogP contribution in [0.3, 0.4) is 0 Å². The Kier molecular flexibility index (Phi) is 6.74. The molecule has 4 heteroatoms. The predicted octanol–water partition coefficient (Wildman–Crippen LogP) is 11.5. The van der Waals surface area contributed by atoms with Gasteiger partial charge in [-0.1, -0.05) is 140 Å². The van der Waals surface area contributed by atoms with Crippen molar-refractivity contribution >= 4 is 0 Å². The van der Waals surface area contributed by atoms with Gasteiger partial charge >= 0.3 is 0 Å². The molecule has 0 N–H and O–H groups in total. The van der Waals surface area contributed by atoms with Gasteiger partial charge in [0.25, 0.3) is 0 Å². The summed E-state index contributed by atoms with van der Waals surface area (Å²) in [6.07, 6.45) is 0. The fraction of sp³-hybridized carbons (Fsp3) is 0.0208. The van der Waals surface area contributed by atoms with Crippen LogP contribution < -0.4 is 4.74 Å². The maximum Gasteiger partial charge on any atom is 0.160 e. The van der Waals surface area contributed by atoms with Gasteiger partial charge in [-0.15, -0.1) is 0 Å². The highest BCUT2D eigenvalue weighted by Gasteiger charge is 2.51. The molecule has 1 aliphatic heterocycles. The molecule has 0 unspecified atom stereocenters. The molecule has 0 radical (unpaired) electrons. The molecule has 0 amide bonds. The van der Waals surface area contributed by atoms with Gasteiger partial charge < -0.3 is 4.74 Å². The maximum absolute atomic E-state index is 9.23. The van der Waals surface area contributed by atoms with Gasteiger partial charge in [0.05, 0.1) is 28.4 Å². The number of aromatic nitrogens is 2. The Morgan fingerprint density at radius 3 is 1.62 bits per heavy atom. The topological polar surface area (TPSA) is 58.8 Å². The minimum Gasteiger partial charge on any atom is -0.457 e. The van der Waals surface area contributed by atoms with Crippen LogP contribution in [-0.4, -0.2) is 9.97 Å². The molecule has 4 nitrogen and oxygen atoms in total. The summed E-state index contributed by atoms with van der Waals surface area (Å²) >= 11 is 0. The summed E-state index contributed by atoms with van der Waals surface area (Å²) in [7, 11) is 0. The third-order valence-electron chi connectivity index (χ3n) is 10.4. The van der Waals surface area contributed by atoms with Crippen LogP contribution in [0.4, 0.5) is 0 Å². The van der Waals surface area contributed by atoms with Crippen molar-refractivity contribution < 1.29 is 4.74 Å². The normalized spacial score (nSPS) is 12.9. The summed E-state index contributed by atoms with van der Waals surface area (Å²) in [4.78, 5) is 10.3. The summed E-state index contributed by atoms with van der Waals surface area (Å²) < 4.78 is 6.55. The van der Waals surface area contributed by atoms with E-state index in [4.69, 9.17) is 14.7 Å². The lowest BCUT2D eigenvalue weighted by Crippen LogP contribution is -2.32. The second-order valence-electron chi connectivity index (χ2n) is 13.2. The molecule has 0 fully saturated rings. The van der Waals surface area contributed by atoms with Crippen molar-refractivity contribution in [1.29, 1.82) is 5.26 Å². The molecule has 1 aliphatic carbocycles. The smallest absolute Gasteiger partial charge is 0.160 e. The fourth-order valence-electron chi connectivity index (χ4n) is 8.04. The average molecular weight is 664 g/mol. The molecular weight excluding hydrogens is 635 g/mol. The number of para-hydroxylation sites is 2. The number of benzene rings is 7. The molecule has 0 bridgehead atoms. The van der Waals surface area contributed by atoms with Gasteiger partial charge in [-0.3, -0.25) is 0 Å². The monoisotopic (exact) mass is 663 g/mol. The molecule has 1 aromatic heterocycles. The van der Waals surface area contributed by atoms with Gasteiger partial charge in [0.1, 0.15) is 11.5 Å². The van der Waals surface area contributed by atoms with Gasteiger partial charge in [0.15, 0.2) is 5.82 Å². The predicted molar refractivity (Wildman–Crippen MR) is 206 cm³/mol. The summed E-state index contributed by atoms with van der Waals surface area (Å²) in [6, 6.07) is 63.0. The van der Waals surface area contributed by atoms with Crippen molar-refractivity contribution in [1.82, 2.24) is 9.97 Å². The van der Waals surface area contributed by atoms with Gasteiger partial charge in [-0.2, -0.15) is 5.26 Å². The highest BCUT2D eigenvalue weighted by Crippen LogP contribution is 2.62. The molecule has 0 atom stereocenters. The lowest BCUT2D eigenvalue weighted by molar-refractivity contribution is 0.436. The SMILES string of the molecule is N#Cc1ccc(-c2ccc(-c3cc(-c4ccc5c(c4)C4(c6ccccc6Oc6ccccc64)c4ccccc4-5)nc(-c4ccccc4)n3)cc2)cc1. The largest absolute Gasteiger partial charge is 0.457 e. The van der Waals surface area contributed by atoms with Crippen molar-refractivity contribution in [2.45, 2.75) is 5.41 Å². The molecule has 2 heterocycles. The number of hydrogen-bond donors (Lipinski definition) is 0. The maximum atomic E-state index is 9.23. The molecule has 52 heavy (non-hydrogen) atoms. The Hall–Kier alpha value is -7.09. The molecule has 7 aromatic carbocycles. The lowest BCUT2D eigenvalue weighted by Gasteiger charge is -2.39. The molecule has 0 saturated heterocycles. The Morgan fingerprint density at radius 1 is 0.423 bits per heavy atom. The Morgan fingerprint density at radius 2 is 0.942 bits per heavy atom. The van der Waals surface area contributed by atoms with E-state index >= 15 is 0 Å². The van der Waals surface area contributed by atoms with E-state index in [-0.39, 0.29) is 0 Å². The summed E-state index contributed by atoms with van der Waals surface area (Å²) in [5, 5.41) is 9.23. The lowest BCUT2D eigenvalue weighted by atomic mass is 9.66. The van der Waals surface area contributed by atoms with E-state index in [1.54, 1.807) is 0 Å². The van der Waals surface area contributed by atoms with E-state index in [1.165, 1.54) is 22.3 Å². The van der Waals surface area contributed by atoms with Gasteiger partial charge in [0.2, 0.25) is 0 Å². The van der Waals surface area contributed by atoms with Crippen LogP contribution in [0.5, 0.6) is 11.5 Å². The first-order valence-electron chi connectivity index (χ1n) is 17.4. The molecule has 8 aromatic rings. The van der Waals surface area contributed by atoms with Crippen LogP contribution in [0.15, 0.2) is 176 Å². The number of fused-ring (bicyclic) bond motifs is 9. The average Bonchev–Trinajstić information content (AvgIpc) is 3.51. The van der Waals surface area contributed by atoms with Crippen LogP contribution >= 0.6 is 0 Å². The highest BCUT2D eigenvalue weighted by molar-refractivity contribution is 5.90. The zero-order valence-electron chi connectivity index (χ0n) is 28.0. The van der Waals surface area contributed by atoms with E-state index in [9.17, 15) is 5.26 Å². The van der Waals surface area contributed by atoms with Crippen LogP contribution in [0.25, 0.3) is 56.2 Å². The van der Waals surface area contributed by atoms with Crippen molar-refractivity contribution in [3.63, 3.8) is 0 Å². The van der Waals surface area contributed by atoms with Gasteiger partial charge in [0, 0.05) is 27.8 Å². The van der Waals surface area contributed by atoms with Crippen molar-refractivity contribution in [3.8, 4) is 73.7 Å². The summed E-state index contributed by atoms with van der Waals surface area (Å²) in [5.41, 5.74) is 14.0. The Bertz CT molecular complexity index is 2660. The van der Waals surface area contributed by atoms with Crippen molar-refractivity contribution in [2.24, 2.45) is 0 Å². The van der Waals surface area contributed by atoms with Gasteiger partial charge in [-0.05, 0) is 69.8 Å². The zero-order chi connectivity index (χ0) is 34.6. The second-order valence-corrected chi connectivity index (χ2v) is 13.2. The molecular formula is C48H29N3O. The molecule has 1 spiro atoms. The van der Waals surface area contributed by atoms with E-state index in [1.807, 2.05) is 54.6 Å². The number of hydrogen-bond acceptors (Lipinski definition) is 4. The van der Waals surface area contributed by atoms with E-state index in [2.05, 4.69) is 127 Å². The fourth-order valence-corrected chi connectivity index (χ4v) is 8.04. The van der Waals surface area contributed by atoms with Crippen LogP contribution in [0.1, 0.15) is 27.8 Å². The minimum absolute atomic E-state index is 0.563.